The van der Waals surface area contributed by atoms with Crippen LogP contribution in [-0.4, -0.2) is 62.0 Å². The summed E-state index contributed by atoms with van der Waals surface area (Å²) in [5.41, 5.74) is 0.910. The Kier molecular flexibility index (Phi) is 8.22. The molecule has 1 heterocycles. The number of amides is 2. The Labute approximate surface area is 164 Å². The van der Waals surface area contributed by atoms with Crippen molar-refractivity contribution in [3.05, 3.63) is 30.1 Å². The standard InChI is InChI=1S/C20H28FN3O4/c1-15(2)3-8-18(25)22-13-20(27)28-14-19(26)24-11-9-23(10-12-24)17-6-4-16(21)5-7-17/h4-7,15H,3,8-14H2,1-2H3,(H,22,25). The molecule has 1 fully saturated rings. The van der Waals surface area contributed by atoms with E-state index in [1.807, 2.05) is 13.8 Å². The summed E-state index contributed by atoms with van der Waals surface area (Å²) < 4.78 is 18.0. The Morgan fingerprint density at radius 3 is 2.36 bits per heavy atom. The quantitative estimate of drug-likeness (QED) is 0.679. The fourth-order valence-electron chi connectivity index (χ4n) is 2.83. The van der Waals surface area contributed by atoms with Crippen molar-refractivity contribution in [2.75, 3.05) is 44.2 Å². The van der Waals surface area contributed by atoms with Crippen molar-refractivity contribution in [3.63, 3.8) is 0 Å². The van der Waals surface area contributed by atoms with Gasteiger partial charge in [0.25, 0.3) is 5.91 Å². The first-order valence-electron chi connectivity index (χ1n) is 9.55. The summed E-state index contributed by atoms with van der Waals surface area (Å²) in [5.74, 6) is -0.960. The van der Waals surface area contributed by atoms with Gasteiger partial charge in [-0.25, -0.2) is 4.39 Å². The summed E-state index contributed by atoms with van der Waals surface area (Å²) in [6.45, 7) is 5.72. The number of anilines is 1. The van der Waals surface area contributed by atoms with Crippen LogP contribution in [0.15, 0.2) is 24.3 Å². The fourth-order valence-corrected chi connectivity index (χ4v) is 2.83. The Bertz CT molecular complexity index is 671. The lowest BCUT2D eigenvalue weighted by Gasteiger charge is -2.36. The Balaban J connectivity index is 1.65. The number of hydrogen-bond donors (Lipinski definition) is 1. The molecule has 1 aromatic rings. The summed E-state index contributed by atoms with van der Waals surface area (Å²) in [4.78, 5) is 39.2. The molecule has 0 aromatic heterocycles. The number of benzene rings is 1. The highest BCUT2D eigenvalue weighted by Crippen LogP contribution is 2.16. The van der Waals surface area contributed by atoms with E-state index in [1.54, 1.807) is 17.0 Å². The van der Waals surface area contributed by atoms with Gasteiger partial charge >= 0.3 is 5.97 Å². The normalized spacial score (nSPS) is 14.1. The predicted molar refractivity (Wildman–Crippen MR) is 103 cm³/mol. The average Bonchev–Trinajstić information content (AvgIpc) is 2.69. The van der Waals surface area contributed by atoms with E-state index >= 15 is 0 Å². The van der Waals surface area contributed by atoms with Gasteiger partial charge in [-0.2, -0.15) is 0 Å². The van der Waals surface area contributed by atoms with Crippen LogP contribution in [0.1, 0.15) is 26.7 Å². The number of halogens is 1. The minimum absolute atomic E-state index is 0.200. The molecule has 0 unspecified atom stereocenters. The maximum Gasteiger partial charge on any atom is 0.325 e. The van der Waals surface area contributed by atoms with Gasteiger partial charge in [-0.15, -0.1) is 0 Å². The Hall–Kier alpha value is -2.64. The third-order valence-electron chi connectivity index (χ3n) is 4.56. The van der Waals surface area contributed by atoms with Crippen LogP contribution < -0.4 is 10.2 Å². The molecule has 1 N–H and O–H groups in total. The van der Waals surface area contributed by atoms with Gasteiger partial charge in [0.05, 0.1) is 0 Å². The number of ether oxygens (including phenoxy) is 1. The van der Waals surface area contributed by atoms with Crippen LogP contribution >= 0.6 is 0 Å². The van der Waals surface area contributed by atoms with Crippen LogP contribution in [-0.2, 0) is 19.1 Å². The third-order valence-corrected chi connectivity index (χ3v) is 4.56. The van der Waals surface area contributed by atoms with Crippen LogP contribution in [0.3, 0.4) is 0 Å². The Morgan fingerprint density at radius 2 is 1.75 bits per heavy atom. The third kappa shape index (κ3) is 7.17. The molecule has 0 spiro atoms. The highest BCUT2D eigenvalue weighted by Gasteiger charge is 2.22. The number of esters is 1. The van der Waals surface area contributed by atoms with Crippen molar-refractivity contribution in [3.8, 4) is 0 Å². The highest BCUT2D eigenvalue weighted by molar-refractivity contribution is 5.84. The lowest BCUT2D eigenvalue weighted by molar-refractivity contribution is -0.151. The summed E-state index contributed by atoms with van der Waals surface area (Å²) in [6, 6.07) is 6.25. The van der Waals surface area contributed by atoms with Gasteiger partial charge < -0.3 is 19.9 Å². The topological polar surface area (TPSA) is 78.9 Å². The van der Waals surface area contributed by atoms with Gasteiger partial charge in [0.15, 0.2) is 6.61 Å². The number of hydrogen-bond acceptors (Lipinski definition) is 5. The molecule has 1 aliphatic heterocycles. The molecule has 0 atom stereocenters. The number of piperazine rings is 1. The van der Waals surface area contributed by atoms with E-state index < -0.39 is 5.97 Å². The second-order valence-electron chi connectivity index (χ2n) is 7.21. The van der Waals surface area contributed by atoms with Crippen molar-refractivity contribution in [2.24, 2.45) is 5.92 Å². The van der Waals surface area contributed by atoms with Gasteiger partial charge in [0, 0.05) is 38.3 Å². The molecule has 1 aliphatic rings. The lowest BCUT2D eigenvalue weighted by Crippen LogP contribution is -2.50. The van der Waals surface area contributed by atoms with Gasteiger partial charge in [-0.05, 0) is 36.6 Å². The molecule has 154 valence electrons. The number of nitrogens with zero attached hydrogens (tertiary/aromatic N) is 2. The van der Waals surface area contributed by atoms with Crippen molar-refractivity contribution in [1.29, 1.82) is 0 Å². The van der Waals surface area contributed by atoms with Crippen molar-refractivity contribution < 1.29 is 23.5 Å². The van der Waals surface area contributed by atoms with Crippen molar-refractivity contribution in [1.82, 2.24) is 10.2 Å². The van der Waals surface area contributed by atoms with E-state index in [-0.39, 0.29) is 30.8 Å². The van der Waals surface area contributed by atoms with Crippen molar-refractivity contribution in [2.45, 2.75) is 26.7 Å². The molecule has 2 amide bonds. The fraction of sp³-hybridized carbons (Fsp3) is 0.550. The number of carbonyl (C=O) groups is 3. The van der Waals surface area contributed by atoms with Gasteiger partial charge in [0.2, 0.25) is 5.91 Å². The number of carbonyl (C=O) groups excluding carboxylic acids is 3. The maximum absolute atomic E-state index is 13.0. The van der Waals surface area contributed by atoms with Crippen molar-refractivity contribution >= 4 is 23.5 Å². The van der Waals surface area contributed by atoms with E-state index in [0.717, 1.165) is 12.1 Å². The first-order chi connectivity index (χ1) is 13.3. The van der Waals surface area contributed by atoms with Crippen LogP contribution in [0.4, 0.5) is 10.1 Å². The Morgan fingerprint density at radius 1 is 1.11 bits per heavy atom. The van der Waals surface area contributed by atoms with Crippen LogP contribution in [0.5, 0.6) is 0 Å². The van der Waals surface area contributed by atoms with Gasteiger partial charge in [-0.1, -0.05) is 13.8 Å². The van der Waals surface area contributed by atoms with E-state index in [2.05, 4.69) is 10.2 Å². The zero-order valence-corrected chi connectivity index (χ0v) is 16.4. The van der Waals surface area contributed by atoms with Crippen LogP contribution in [0.2, 0.25) is 0 Å². The van der Waals surface area contributed by atoms with Gasteiger partial charge in [-0.3, -0.25) is 14.4 Å². The van der Waals surface area contributed by atoms with E-state index in [1.165, 1.54) is 12.1 Å². The summed E-state index contributed by atoms with van der Waals surface area (Å²) >= 11 is 0. The molecule has 0 aliphatic carbocycles. The largest absolute Gasteiger partial charge is 0.454 e. The first-order valence-corrected chi connectivity index (χ1v) is 9.55. The minimum Gasteiger partial charge on any atom is -0.454 e. The molecule has 1 aromatic carbocycles. The SMILES string of the molecule is CC(C)CCC(=O)NCC(=O)OCC(=O)N1CCN(c2ccc(F)cc2)CC1. The highest BCUT2D eigenvalue weighted by atomic mass is 19.1. The van der Waals surface area contributed by atoms with Crippen LogP contribution in [0, 0.1) is 11.7 Å². The second kappa shape index (κ2) is 10.6. The maximum atomic E-state index is 13.0. The second-order valence-corrected chi connectivity index (χ2v) is 7.21. The average molecular weight is 393 g/mol. The molecule has 0 saturated carbocycles. The number of rotatable bonds is 8. The predicted octanol–water partition coefficient (Wildman–Crippen LogP) is 1.57. The molecule has 2 rings (SSSR count). The van der Waals surface area contributed by atoms with E-state index in [9.17, 15) is 18.8 Å². The minimum atomic E-state index is -0.629. The first kappa shape index (κ1) is 21.7. The van der Waals surface area contributed by atoms with Gasteiger partial charge in [0.1, 0.15) is 12.4 Å². The smallest absolute Gasteiger partial charge is 0.325 e. The zero-order valence-electron chi connectivity index (χ0n) is 16.4. The molecule has 7 nitrogen and oxygen atoms in total. The summed E-state index contributed by atoms with van der Waals surface area (Å²) in [6.07, 6.45) is 1.12. The number of nitrogens with one attached hydrogen (secondary N) is 1. The summed E-state index contributed by atoms with van der Waals surface area (Å²) in [5, 5.41) is 2.50. The molecule has 0 bridgehead atoms. The molecule has 0 radical (unpaired) electrons. The lowest BCUT2D eigenvalue weighted by atomic mass is 10.1. The molecular weight excluding hydrogens is 365 g/mol. The molecule has 28 heavy (non-hydrogen) atoms. The summed E-state index contributed by atoms with van der Waals surface area (Å²) in [7, 11) is 0. The molecular formula is C20H28FN3O4. The zero-order chi connectivity index (χ0) is 20.5. The van der Waals surface area contributed by atoms with Crippen LogP contribution in [0.25, 0.3) is 0 Å². The molecule has 1 saturated heterocycles. The van der Waals surface area contributed by atoms with E-state index in [4.69, 9.17) is 4.74 Å². The monoisotopic (exact) mass is 393 g/mol. The molecule has 8 heteroatoms. The van der Waals surface area contributed by atoms with E-state index in [0.29, 0.717) is 38.5 Å².